The third-order valence-corrected chi connectivity index (χ3v) is 6.38. The molecule has 0 atom stereocenters. The molecule has 0 saturated carbocycles. The van der Waals surface area contributed by atoms with Crippen LogP contribution in [0.3, 0.4) is 0 Å². The van der Waals surface area contributed by atoms with Crippen molar-refractivity contribution in [3.63, 3.8) is 0 Å². The molecule has 0 fully saturated rings. The van der Waals surface area contributed by atoms with Crippen LogP contribution in [-0.4, -0.2) is 31.0 Å². The van der Waals surface area contributed by atoms with Gasteiger partial charge in [0.05, 0.1) is 18.0 Å². The van der Waals surface area contributed by atoms with E-state index in [2.05, 4.69) is 10.4 Å². The maximum Gasteiger partial charge on any atom is 0.280 e. The molecule has 2 heterocycles. The number of hydrogen-bond donors (Lipinski definition) is 1. The first kappa shape index (κ1) is 22.8. The van der Waals surface area contributed by atoms with E-state index in [1.54, 1.807) is 9.25 Å². The summed E-state index contributed by atoms with van der Waals surface area (Å²) in [4.78, 5) is 30.8. The predicted molar refractivity (Wildman–Crippen MR) is 131 cm³/mol. The molecule has 1 amide bonds. The van der Waals surface area contributed by atoms with Crippen molar-refractivity contribution in [3.05, 3.63) is 87.3 Å². The number of carbonyl (C=O) groups is 1. The van der Waals surface area contributed by atoms with Gasteiger partial charge in [0.1, 0.15) is 5.52 Å². The van der Waals surface area contributed by atoms with Gasteiger partial charge in [-0.2, -0.15) is 5.10 Å². The van der Waals surface area contributed by atoms with Gasteiger partial charge in [-0.25, -0.2) is 4.98 Å². The standard InChI is InChI=1S/C25H27N5O2S/c1-4-30-23-22(18(3)28-30)27-25(29(24(23)32)15-20-12-10-17(2)11-13-20)33-16-21(31)26-14-19-8-6-5-7-9-19/h5-13H,4,14-16H2,1-3H3,(H,26,31). The molecular formula is C25H27N5O2S. The zero-order valence-electron chi connectivity index (χ0n) is 19.0. The van der Waals surface area contributed by atoms with E-state index in [0.29, 0.717) is 41.5 Å². The minimum Gasteiger partial charge on any atom is -0.351 e. The van der Waals surface area contributed by atoms with Gasteiger partial charge in [0.25, 0.3) is 5.56 Å². The quantitative estimate of drug-likeness (QED) is 0.320. The molecule has 170 valence electrons. The Bertz CT molecular complexity index is 1330. The van der Waals surface area contributed by atoms with Crippen LogP contribution in [0.25, 0.3) is 11.0 Å². The summed E-state index contributed by atoms with van der Waals surface area (Å²) >= 11 is 1.27. The summed E-state index contributed by atoms with van der Waals surface area (Å²) in [5.41, 5.74) is 4.85. The lowest BCUT2D eigenvalue weighted by atomic mass is 10.1. The number of nitrogens with one attached hydrogen (secondary N) is 1. The van der Waals surface area contributed by atoms with Crippen molar-refractivity contribution >= 4 is 28.7 Å². The average Bonchev–Trinajstić information content (AvgIpc) is 3.16. The van der Waals surface area contributed by atoms with E-state index < -0.39 is 0 Å². The van der Waals surface area contributed by atoms with Gasteiger partial charge in [0.2, 0.25) is 5.91 Å². The Balaban J connectivity index is 1.62. The Kier molecular flexibility index (Phi) is 6.93. The van der Waals surface area contributed by atoms with E-state index in [1.165, 1.54) is 11.8 Å². The molecule has 2 aromatic carbocycles. The summed E-state index contributed by atoms with van der Waals surface area (Å²) in [7, 11) is 0. The molecule has 8 heteroatoms. The van der Waals surface area contributed by atoms with Gasteiger partial charge in [-0.15, -0.1) is 0 Å². The Morgan fingerprint density at radius 2 is 1.76 bits per heavy atom. The number of fused-ring (bicyclic) bond motifs is 1. The highest BCUT2D eigenvalue weighted by molar-refractivity contribution is 7.99. The molecule has 1 N–H and O–H groups in total. The summed E-state index contributed by atoms with van der Waals surface area (Å²) < 4.78 is 3.35. The SMILES string of the molecule is CCn1nc(C)c2nc(SCC(=O)NCc3ccccc3)n(Cc3ccc(C)cc3)c(=O)c21. The number of benzene rings is 2. The first-order valence-corrected chi connectivity index (χ1v) is 11.9. The summed E-state index contributed by atoms with van der Waals surface area (Å²) in [6, 6.07) is 17.8. The second-order valence-electron chi connectivity index (χ2n) is 7.92. The van der Waals surface area contributed by atoms with E-state index in [-0.39, 0.29) is 17.2 Å². The lowest BCUT2D eigenvalue weighted by molar-refractivity contribution is -0.118. The van der Waals surface area contributed by atoms with E-state index >= 15 is 0 Å². The molecule has 0 aliphatic heterocycles. The number of amides is 1. The lowest BCUT2D eigenvalue weighted by Crippen LogP contribution is -2.27. The van der Waals surface area contributed by atoms with Crippen LogP contribution in [0, 0.1) is 13.8 Å². The first-order chi connectivity index (χ1) is 16.0. The molecule has 0 aliphatic rings. The van der Waals surface area contributed by atoms with E-state index in [0.717, 1.165) is 16.7 Å². The third kappa shape index (κ3) is 5.17. The van der Waals surface area contributed by atoms with Crippen molar-refractivity contribution < 1.29 is 4.79 Å². The van der Waals surface area contributed by atoms with Gasteiger partial charge < -0.3 is 5.32 Å². The van der Waals surface area contributed by atoms with E-state index in [4.69, 9.17) is 4.98 Å². The van der Waals surface area contributed by atoms with Crippen LogP contribution < -0.4 is 10.9 Å². The minimum absolute atomic E-state index is 0.110. The number of aryl methyl sites for hydroxylation is 3. The van der Waals surface area contributed by atoms with Crippen LogP contribution in [0.4, 0.5) is 0 Å². The van der Waals surface area contributed by atoms with Crippen LogP contribution in [-0.2, 0) is 24.4 Å². The van der Waals surface area contributed by atoms with Gasteiger partial charge >= 0.3 is 0 Å². The van der Waals surface area contributed by atoms with Crippen LogP contribution in [0.5, 0.6) is 0 Å². The van der Waals surface area contributed by atoms with Crippen LogP contribution >= 0.6 is 11.8 Å². The topological polar surface area (TPSA) is 81.8 Å². The van der Waals surface area contributed by atoms with E-state index in [1.807, 2.05) is 75.4 Å². The number of aromatic nitrogens is 4. The zero-order valence-corrected chi connectivity index (χ0v) is 19.9. The fourth-order valence-corrected chi connectivity index (χ4v) is 4.44. The molecule has 4 aromatic rings. The van der Waals surface area contributed by atoms with Crippen molar-refractivity contribution in [2.75, 3.05) is 5.75 Å². The van der Waals surface area contributed by atoms with E-state index in [9.17, 15) is 9.59 Å². The fraction of sp³-hybridized carbons (Fsp3) is 0.280. The molecule has 4 rings (SSSR count). The average molecular weight is 462 g/mol. The number of carbonyl (C=O) groups excluding carboxylic acids is 1. The molecule has 0 saturated heterocycles. The van der Waals surface area contributed by atoms with Crippen LogP contribution in [0.15, 0.2) is 64.5 Å². The molecular weight excluding hydrogens is 434 g/mol. The van der Waals surface area contributed by atoms with Crippen molar-refractivity contribution in [1.29, 1.82) is 0 Å². The lowest BCUT2D eigenvalue weighted by Gasteiger charge is -2.13. The smallest absolute Gasteiger partial charge is 0.280 e. The highest BCUT2D eigenvalue weighted by atomic mass is 32.2. The normalized spacial score (nSPS) is 11.1. The van der Waals surface area contributed by atoms with Gasteiger partial charge in [-0.05, 0) is 31.9 Å². The zero-order chi connectivity index (χ0) is 23.4. The second kappa shape index (κ2) is 10.0. The monoisotopic (exact) mass is 461 g/mol. The number of thioether (sulfide) groups is 1. The summed E-state index contributed by atoms with van der Waals surface area (Å²) in [6.45, 7) is 7.26. The van der Waals surface area contributed by atoms with Gasteiger partial charge in [0.15, 0.2) is 10.7 Å². The second-order valence-corrected chi connectivity index (χ2v) is 8.86. The highest BCUT2D eigenvalue weighted by Crippen LogP contribution is 2.21. The molecule has 0 unspecified atom stereocenters. The number of nitrogens with zero attached hydrogens (tertiary/aromatic N) is 4. The predicted octanol–water partition coefficient (Wildman–Crippen LogP) is 3.69. The van der Waals surface area contributed by atoms with Crippen molar-refractivity contribution in [2.24, 2.45) is 0 Å². The molecule has 33 heavy (non-hydrogen) atoms. The Labute approximate surface area is 196 Å². The van der Waals surface area contributed by atoms with Gasteiger partial charge in [-0.3, -0.25) is 18.8 Å². The maximum atomic E-state index is 13.5. The Hall–Kier alpha value is -3.39. The third-order valence-electron chi connectivity index (χ3n) is 5.41. The van der Waals surface area contributed by atoms with Crippen molar-refractivity contribution in [1.82, 2.24) is 24.6 Å². The maximum absolute atomic E-state index is 13.5. The Morgan fingerprint density at radius 3 is 2.45 bits per heavy atom. The summed E-state index contributed by atoms with van der Waals surface area (Å²) in [6.07, 6.45) is 0. The Morgan fingerprint density at radius 1 is 1.03 bits per heavy atom. The summed E-state index contributed by atoms with van der Waals surface area (Å²) in [5, 5.41) is 7.93. The van der Waals surface area contributed by atoms with Gasteiger partial charge in [0, 0.05) is 13.1 Å². The fourth-order valence-electron chi connectivity index (χ4n) is 3.62. The van der Waals surface area contributed by atoms with Gasteiger partial charge in [-0.1, -0.05) is 71.9 Å². The molecule has 0 spiro atoms. The molecule has 2 aromatic heterocycles. The largest absolute Gasteiger partial charge is 0.351 e. The van der Waals surface area contributed by atoms with Crippen LogP contribution in [0.1, 0.15) is 29.3 Å². The number of hydrogen-bond acceptors (Lipinski definition) is 5. The number of rotatable bonds is 8. The summed E-state index contributed by atoms with van der Waals surface area (Å²) in [5.74, 6) is 0.0562. The van der Waals surface area contributed by atoms with Crippen molar-refractivity contribution in [2.45, 2.75) is 45.6 Å². The van der Waals surface area contributed by atoms with Crippen LogP contribution in [0.2, 0.25) is 0 Å². The minimum atomic E-state index is -0.143. The molecule has 0 aliphatic carbocycles. The first-order valence-electron chi connectivity index (χ1n) is 10.9. The van der Waals surface area contributed by atoms with Crippen molar-refractivity contribution in [3.8, 4) is 0 Å². The highest BCUT2D eigenvalue weighted by Gasteiger charge is 2.19. The molecule has 7 nitrogen and oxygen atoms in total. The molecule has 0 bridgehead atoms. The molecule has 0 radical (unpaired) electrons.